The van der Waals surface area contributed by atoms with E-state index in [-0.39, 0.29) is 12.2 Å². The minimum atomic E-state index is -0.794. The van der Waals surface area contributed by atoms with Crippen LogP contribution in [0, 0.1) is 29.1 Å². The SMILES string of the molecule is Oc1c(CN2CCCC2)cc(C2CCC3(OOCOO3)C3(C2)C2CC4CC(C2)CC3C4)cc1CN1CCCC1. The van der Waals surface area contributed by atoms with Crippen LogP contribution in [0.3, 0.4) is 0 Å². The maximum atomic E-state index is 11.5. The van der Waals surface area contributed by atoms with Gasteiger partial charge in [-0.05, 0) is 132 Å². The van der Waals surface area contributed by atoms with Crippen molar-refractivity contribution in [2.45, 2.75) is 102 Å². The summed E-state index contributed by atoms with van der Waals surface area (Å²) >= 11 is 0. The zero-order valence-corrected chi connectivity index (χ0v) is 23.5. The van der Waals surface area contributed by atoms with E-state index in [0.29, 0.717) is 23.5 Å². The van der Waals surface area contributed by atoms with Crippen LogP contribution >= 0.6 is 0 Å². The Kier molecular flexibility index (Phi) is 6.50. The standard InChI is InChI=1S/C32H46N2O5/c35-30-26(19-33-7-1-2-8-33)16-25(17-27(30)20-34-9-3-4-10-34)24-5-6-32(38-36-21-37-39-32)31(18-24)28-12-22-11-23(14-28)15-29(31)13-22/h16-17,22-24,28-29,35H,1-15,18-21H2. The molecule has 1 aromatic carbocycles. The van der Waals surface area contributed by atoms with Crippen LogP contribution in [-0.2, 0) is 32.6 Å². The molecule has 7 heteroatoms. The summed E-state index contributed by atoms with van der Waals surface area (Å²) in [6.07, 6.45) is 14.5. The van der Waals surface area contributed by atoms with Crippen molar-refractivity contribution in [3.8, 4) is 5.75 Å². The minimum absolute atomic E-state index is 0.0412. The number of hydrogen-bond donors (Lipinski definition) is 1. The second-order valence-electron chi connectivity index (χ2n) is 14.2. The Morgan fingerprint density at radius 3 is 1.85 bits per heavy atom. The molecule has 1 unspecified atom stereocenters. The molecular formula is C32H46N2O5. The van der Waals surface area contributed by atoms with E-state index < -0.39 is 5.79 Å². The number of benzene rings is 1. The van der Waals surface area contributed by atoms with E-state index in [4.69, 9.17) is 19.6 Å². The summed E-state index contributed by atoms with van der Waals surface area (Å²) in [6, 6.07) is 4.73. The number of aromatic hydroxyl groups is 1. The van der Waals surface area contributed by atoms with Gasteiger partial charge in [-0.1, -0.05) is 12.1 Å². The number of rotatable bonds is 5. The van der Waals surface area contributed by atoms with Gasteiger partial charge in [0.2, 0.25) is 12.6 Å². The number of likely N-dealkylation sites (tertiary alicyclic amines) is 2. The predicted octanol–water partition coefficient (Wildman–Crippen LogP) is 5.86. The predicted molar refractivity (Wildman–Crippen MR) is 145 cm³/mol. The summed E-state index contributed by atoms with van der Waals surface area (Å²) in [5.41, 5.74) is 3.59. The highest BCUT2D eigenvalue weighted by atomic mass is 17.4. The average Bonchev–Trinajstić information content (AvgIpc) is 3.65. The van der Waals surface area contributed by atoms with E-state index in [2.05, 4.69) is 21.9 Å². The van der Waals surface area contributed by atoms with E-state index in [1.165, 1.54) is 63.4 Å². The lowest BCUT2D eigenvalue weighted by Crippen LogP contribution is -2.68. The lowest BCUT2D eigenvalue weighted by atomic mass is 9.40. The molecule has 8 aliphatic rings. The Hall–Kier alpha value is -1.22. The van der Waals surface area contributed by atoms with E-state index in [1.807, 2.05) is 0 Å². The van der Waals surface area contributed by atoms with Crippen LogP contribution in [0.1, 0.15) is 99.7 Å². The smallest absolute Gasteiger partial charge is 0.240 e. The summed E-state index contributed by atoms with van der Waals surface area (Å²) in [5, 5.41) is 11.5. The van der Waals surface area contributed by atoms with Gasteiger partial charge in [0, 0.05) is 36.1 Å². The fourth-order valence-corrected chi connectivity index (χ4v) is 10.7. The van der Waals surface area contributed by atoms with Crippen molar-refractivity contribution >= 4 is 0 Å². The zero-order chi connectivity index (χ0) is 26.0. The van der Waals surface area contributed by atoms with Gasteiger partial charge in [-0.25, -0.2) is 9.78 Å². The van der Waals surface area contributed by atoms with Crippen LogP contribution < -0.4 is 0 Å². The molecule has 39 heavy (non-hydrogen) atoms. The van der Waals surface area contributed by atoms with Crippen LogP contribution in [0.4, 0.5) is 0 Å². The second kappa shape index (κ2) is 9.95. The van der Waals surface area contributed by atoms with Crippen LogP contribution in [0.2, 0.25) is 0 Å². The molecule has 0 aromatic heterocycles. The van der Waals surface area contributed by atoms with Gasteiger partial charge in [0.05, 0.1) is 0 Å². The van der Waals surface area contributed by atoms with Gasteiger partial charge >= 0.3 is 0 Å². The van der Waals surface area contributed by atoms with Gasteiger partial charge in [0.15, 0.2) is 0 Å². The van der Waals surface area contributed by atoms with E-state index in [9.17, 15) is 5.11 Å². The van der Waals surface area contributed by atoms with Gasteiger partial charge < -0.3 is 5.11 Å². The Morgan fingerprint density at radius 2 is 1.31 bits per heavy atom. The van der Waals surface area contributed by atoms with Crippen molar-refractivity contribution in [1.29, 1.82) is 0 Å². The molecule has 3 aliphatic heterocycles. The number of nitrogens with zero attached hydrogens (tertiary/aromatic N) is 2. The molecule has 1 atom stereocenters. The Morgan fingerprint density at radius 1 is 0.769 bits per heavy atom. The largest absolute Gasteiger partial charge is 0.507 e. The highest BCUT2D eigenvalue weighted by Crippen LogP contribution is 2.71. The zero-order valence-electron chi connectivity index (χ0n) is 23.5. The Labute approximate surface area is 233 Å². The van der Waals surface area contributed by atoms with Crippen LogP contribution in [-0.4, -0.2) is 53.7 Å². The molecule has 4 bridgehead atoms. The fraction of sp³-hybridized carbons (Fsp3) is 0.812. The molecule has 3 heterocycles. The van der Waals surface area contributed by atoms with Gasteiger partial charge in [-0.15, -0.1) is 0 Å². The first-order valence-electron chi connectivity index (χ1n) is 16.0. The monoisotopic (exact) mass is 538 g/mol. The van der Waals surface area contributed by atoms with Crippen LogP contribution in [0.15, 0.2) is 12.1 Å². The summed E-state index contributed by atoms with van der Waals surface area (Å²) < 4.78 is 0. The molecule has 8 fully saturated rings. The molecule has 5 aliphatic carbocycles. The van der Waals surface area contributed by atoms with Crippen molar-refractivity contribution in [2.24, 2.45) is 29.1 Å². The van der Waals surface area contributed by atoms with Gasteiger partial charge in [-0.3, -0.25) is 9.80 Å². The first-order chi connectivity index (χ1) is 19.1. The summed E-state index contributed by atoms with van der Waals surface area (Å²) in [7, 11) is 0. The normalized spacial score (nSPS) is 39.8. The van der Waals surface area contributed by atoms with Gasteiger partial charge in [0.25, 0.3) is 0 Å². The number of hydrogen-bond acceptors (Lipinski definition) is 7. The van der Waals surface area contributed by atoms with Crippen molar-refractivity contribution in [3.05, 3.63) is 28.8 Å². The minimum Gasteiger partial charge on any atom is -0.507 e. The molecule has 9 rings (SSSR count). The van der Waals surface area contributed by atoms with E-state index >= 15 is 0 Å². The van der Waals surface area contributed by atoms with Crippen molar-refractivity contribution in [2.75, 3.05) is 33.0 Å². The van der Waals surface area contributed by atoms with Crippen molar-refractivity contribution in [3.63, 3.8) is 0 Å². The number of phenolic OH excluding ortho intramolecular Hbond substituents is 1. The highest BCUT2D eigenvalue weighted by molar-refractivity contribution is 5.45. The lowest BCUT2D eigenvalue weighted by Gasteiger charge is -2.68. The molecule has 1 N–H and O–H groups in total. The molecule has 2 spiro atoms. The molecule has 1 aromatic rings. The molecule has 7 nitrogen and oxygen atoms in total. The van der Waals surface area contributed by atoms with Gasteiger partial charge in [-0.2, -0.15) is 9.78 Å². The van der Waals surface area contributed by atoms with Crippen LogP contribution in [0.25, 0.3) is 0 Å². The molecular weight excluding hydrogens is 492 g/mol. The second-order valence-corrected chi connectivity index (χ2v) is 14.2. The molecule has 214 valence electrons. The lowest BCUT2D eigenvalue weighted by molar-refractivity contribution is -0.629. The molecule has 0 radical (unpaired) electrons. The average molecular weight is 539 g/mol. The van der Waals surface area contributed by atoms with E-state index in [1.54, 1.807) is 0 Å². The Bertz CT molecular complexity index is 992. The molecule has 5 saturated carbocycles. The first kappa shape index (κ1) is 25.5. The summed E-state index contributed by atoms with van der Waals surface area (Å²) in [6.45, 7) is 6.32. The van der Waals surface area contributed by atoms with E-state index in [0.717, 1.165) is 81.5 Å². The maximum Gasteiger partial charge on any atom is 0.240 e. The topological polar surface area (TPSA) is 63.6 Å². The third-order valence-electron chi connectivity index (χ3n) is 12.1. The van der Waals surface area contributed by atoms with Crippen LogP contribution in [0.5, 0.6) is 5.75 Å². The first-order valence-corrected chi connectivity index (χ1v) is 16.0. The Balaban J connectivity index is 1.16. The third-order valence-corrected chi connectivity index (χ3v) is 12.1. The number of phenols is 1. The molecule has 3 saturated heterocycles. The quantitative estimate of drug-likeness (QED) is 0.471. The van der Waals surface area contributed by atoms with Crippen molar-refractivity contribution < 1.29 is 24.7 Å². The maximum absolute atomic E-state index is 11.5. The third kappa shape index (κ3) is 4.21. The summed E-state index contributed by atoms with van der Waals surface area (Å²) in [4.78, 5) is 28.6. The van der Waals surface area contributed by atoms with Gasteiger partial charge in [0.1, 0.15) is 5.75 Å². The molecule has 0 amide bonds. The summed E-state index contributed by atoms with van der Waals surface area (Å²) in [5.74, 6) is 3.12. The van der Waals surface area contributed by atoms with Crippen molar-refractivity contribution in [1.82, 2.24) is 9.80 Å². The fourth-order valence-electron chi connectivity index (χ4n) is 10.7. The highest BCUT2D eigenvalue weighted by Gasteiger charge is 2.71.